The summed E-state index contributed by atoms with van der Waals surface area (Å²) in [7, 11) is 0. The van der Waals surface area contributed by atoms with Crippen molar-refractivity contribution in [2.45, 2.75) is 26.4 Å². The van der Waals surface area contributed by atoms with E-state index in [1.165, 1.54) is 0 Å². The van der Waals surface area contributed by atoms with Gasteiger partial charge >= 0.3 is 5.97 Å². The maximum absolute atomic E-state index is 12.4. The fourth-order valence-corrected chi connectivity index (χ4v) is 2.66. The van der Waals surface area contributed by atoms with Gasteiger partial charge in [-0.05, 0) is 30.9 Å². The van der Waals surface area contributed by atoms with Gasteiger partial charge in [0.15, 0.2) is 6.10 Å². The first-order valence-corrected chi connectivity index (χ1v) is 8.22. The zero-order valence-electron chi connectivity index (χ0n) is 13.9. The van der Waals surface area contributed by atoms with Crippen LogP contribution < -0.4 is 5.32 Å². The van der Waals surface area contributed by atoms with Crippen LogP contribution in [-0.2, 0) is 14.3 Å². The van der Waals surface area contributed by atoms with E-state index in [-0.39, 0.29) is 17.8 Å². The van der Waals surface area contributed by atoms with Gasteiger partial charge in [0.25, 0.3) is 5.91 Å². The minimum atomic E-state index is -0.811. The van der Waals surface area contributed by atoms with Crippen LogP contribution in [0.2, 0.25) is 0 Å². The quantitative estimate of drug-likeness (QED) is 0.850. The van der Waals surface area contributed by atoms with E-state index in [9.17, 15) is 9.59 Å². The molecule has 4 nitrogen and oxygen atoms in total. The second kappa shape index (κ2) is 6.87. The van der Waals surface area contributed by atoms with Gasteiger partial charge in [0.1, 0.15) is 0 Å². The standard InChI is InChI=1S/C20H21NO3/c1-13-12-17(13)20(23)24-14(2)19(22)21-18-11-7-6-10-16(18)15-8-4-3-5-9-15/h3-11,13-14,17H,12H2,1-2H3,(H,21,22)/t13-,14-,17+/m0/s1. The van der Waals surface area contributed by atoms with Crippen LogP contribution in [-0.4, -0.2) is 18.0 Å². The molecule has 2 aromatic carbocycles. The van der Waals surface area contributed by atoms with Crippen LogP contribution >= 0.6 is 0 Å². The van der Waals surface area contributed by atoms with Gasteiger partial charge in [-0.25, -0.2) is 0 Å². The van der Waals surface area contributed by atoms with Crippen molar-refractivity contribution in [1.82, 2.24) is 0 Å². The second-order valence-corrected chi connectivity index (χ2v) is 6.30. The Hall–Kier alpha value is -2.62. The van der Waals surface area contributed by atoms with Crippen molar-refractivity contribution in [3.8, 4) is 11.1 Å². The Balaban J connectivity index is 1.69. The minimum absolute atomic E-state index is 0.0446. The average molecular weight is 323 g/mol. The minimum Gasteiger partial charge on any atom is -0.452 e. The summed E-state index contributed by atoms with van der Waals surface area (Å²) in [6.45, 7) is 3.61. The molecule has 1 aliphatic carbocycles. The van der Waals surface area contributed by atoms with Gasteiger partial charge < -0.3 is 10.1 Å². The van der Waals surface area contributed by atoms with Gasteiger partial charge in [-0.15, -0.1) is 0 Å². The number of benzene rings is 2. The summed E-state index contributed by atoms with van der Waals surface area (Å²) in [5, 5.41) is 2.87. The van der Waals surface area contributed by atoms with E-state index in [0.29, 0.717) is 11.6 Å². The highest BCUT2D eigenvalue weighted by Gasteiger charge is 2.41. The molecule has 1 aliphatic rings. The number of nitrogens with one attached hydrogen (secondary N) is 1. The summed E-state index contributed by atoms with van der Waals surface area (Å²) >= 11 is 0. The Kier molecular flexibility index (Phi) is 4.65. The molecule has 0 heterocycles. The molecule has 0 spiro atoms. The monoisotopic (exact) mass is 323 g/mol. The normalized spacial score (nSPS) is 20.1. The van der Waals surface area contributed by atoms with E-state index in [0.717, 1.165) is 17.5 Å². The summed E-state index contributed by atoms with van der Waals surface area (Å²) in [6.07, 6.45) is 0.0402. The first-order chi connectivity index (χ1) is 11.6. The maximum atomic E-state index is 12.4. The highest BCUT2D eigenvalue weighted by atomic mass is 16.5. The molecule has 0 radical (unpaired) electrons. The van der Waals surface area contributed by atoms with E-state index < -0.39 is 6.10 Å². The van der Waals surface area contributed by atoms with Crippen molar-refractivity contribution < 1.29 is 14.3 Å². The zero-order chi connectivity index (χ0) is 17.1. The third-order valence-electron chi connectivity index (χ3n) is 4.34. The lowest BCUT2D eigenvalue weighted by molar-refractivity contribution is -0.154. The Labute approximate surface area is 141 Å². The fraction of sp³-hybridized carbons (Fsp3) is 0.300. The first-order valence-electron chi connectivity index (χ1n) is 8.22. The first kappa shape index (κ1) is 16.2. The third kappa shape index (κ3) is 3.65. The van der Waals surface area contributed by atoms with E-state index in [2.05, 4.69) is 5.32 Å². The number of amides is 1. The number of carbonyl (C=O) groups excluding carboxylic acids is 2. The van der Waals surface area contributed by atoms with Crippen molar-refractivity contribution in [2.24, 2.45) is 11.8 Å². The van der Waals surface area contributed by atoms with Crippen LogP contribution in [0, 0.1) is 11.8 Å². The van der Waals surface area contributed by atoms with E-state index in [1.54, 1.807) is 6.92 Å². The predicted octanol–water partition coefficient (Wildman–Crippen LogP) is 3.88. The van der Waals surface area contributed by atoms with Crippen molar-refractivity contribution in [3.63, 3.8) is 0 Å². The van der Waals surface area contributed by atoms with Crippen molar-refractivity contribution in [1.29, 1.82) is 0 Å². The topological polar surface area (TPSA) is 55.4 Å². The Morgan fingerprint density at radius 1 is 1.08 bits per heavy atom. The molecule has 4 heteroatoms. The van der Waals surface area contributed by atoms with E-state index in [4.69, 9.17) is 4.74 Å². The summed E-state index contributed by atoms with van der Waals surface area (Å²) in [5.41, 5.74) is 2.65. The number of esters is 1. The second-order valence-electron chi connectivity index (χ2n) is 6.30. The smallest absolute Gasteiger partial charge is 0.309 e. The molecule has 2 aromatic rings. The van der Waals surface area contributed by atoms with Gasteiger partial charge in [0.05, 0.1) is 5.92 Å². The molecule has 124 valence electrons. The third-order valence-corrected chi connectivity index (χ3v) is 4.34. The molecule has 3 atom stereocenters. The summed E-state index contributed by atoms with van der Waals surface area (Å²) < 4.78 is 5.27. The molecule has 0 aliphatic heterocycles. The SMILES string of the molecule is C[C@H](OC(=O)[C@@H]1C[C@@H]1C)C(=O)Nc1ccccc1-c1ccccc1. The Morgan fingerprint density at radius 3 is 2.38 bits per heavy atom. The molecule has 3 rings (SSSR count). The maximum Gasteiger partial charge on any atom is 0.309 e. The Bertz CT molecular complexity index is 742. The van der Waals surface area contributed by atoms with Crippen molar-refractivity contribution in [2.75, 3.05) is 5.32 Å². The molecule has 1 N–H and O–H groups in total. The largest absolute Gasteiger partial charge is 0.452 e. The Morgan fingerprint density at radius 2 is 1.71 bits per heavy atom. The molecule has 0 aromatic heterocycles. The number of rotatable bonds is 5. The predicted molar refractivity (Wildman–Crippen MR) is 93.3 cm³/mol. The summed E-state index contributed by atoms with van der Waals surface area (Å²) in [5.74, 6) is -0.273. The van der Waals surface area contributed by atoms with Crippen molar-refractivity contribution >= 4 is 17.6 Å². The lowest BCUT2D eigenvalue weighted by atomic mass is 10.0. The number of hydrogen-bond acceptors (Lipinski definition) is 3. The molecule has 1 saturated carbocycles. The lowest BCUT2D eigenvalue weighted by Crippen LogP contribution is -2.30. The van der Waals surface area contributed by atoms with Gasteiger partial charge in [0.2, 0.25) is 0 Å². The van der Waals surface area contributed by atoms with Crippen LogP contribution in [0.4, 0.5) is 5.69 Å². The molecule has 0 bridgehead atoms. The van der Waals surface area contributed by atoms with Gasteiger partial charge in [-0.3, -0.25) is 9.59 Å². The number of ether oxygens (including phenoxy) is 1. The van der Waals surface area contributed by atoms with Gasteiger partial charge in [-0.1, -0.05) is 55.5 Å². The van der Waals surface area contributed by atoms with Crippen LogP contribution in [0.1, 0.15) is 20.3 Å². The molecule has 1 fully saturated rings. The van der Waals surface area contributed by atoms with E-state index in [1.807, 2.05) is 61.5 Å². The molecular weight excluding hydrogens is 302 g/mol. The van der Waals surface area contributed by atoms with Crippen LogP contribution in [0.5, 0.6) is 0 Å². The van der Waals surface area contributed by atoms with E-state index >= 15 is 0 Å². The molecular formula is C20H21NO3. The highest BCUT2D eigenvalue weighted by molar-refractivity contribution is 5.98. The fourth-order valence-electron chi connectivity index (χ4n) is 2.66. The lowest BCUT2D eigenvalue weighted by Gasteiger charge is -2.16. The van der Waals surface area contributed by atoms with Crippen LogP contribution in [0.25, 0.3) is 11.1 Å². The number of anilines is 1. The summed E-state index contributed by atoms with van der Waals surface area (Å²) in [6, 6.07) is 17.4. The van der Waals surface area contributed by atoms with Gasteiger partial charge in [-0.2, -0.15) is 0 Å². The molecule has 1 amide bonds. The number of para-hydroxylation sites is 1. The molecule has 24 heavy (non-hydrogen) atoms. The van der Waals surface area contributed by atoms with Crippen LogP contribution in [0.3, 0.4) is 0 Å². The highest BCUT2D eigenvalue weighted by Crippen LogP contribution is 2.38. The number of hydrogen-bond donors (Lipinski definition) is 1. The van der Waals surface area contributed by atoms with Crippen LogP contribution in [0.15, 0.2) is 54.6 Å². The van der Waals surface area contributed by atoms with Crippen molar-refractivity contribution in [3.05, 3.63) is 54.6 Å². The number of carbonyl (C=O) groups is 2. The average Bonchev–Trinajstić information content (AvgIpc) is 3.33. The zero-order valence-corrected chi connectivity index (χ0v) is 13.9. The summed E-state index contributed by atoms with van der Waals surface area (Å²) in [4.78, 5) is 24.2. The molecule has 0 saturated heterocycles. The molecule has 0 unspecified atom stereocenters. The van der Waals surface area contributed by atoms with Gasteiger partial charge in [0, 0.05) is 11.3 Å².